The maximum absolute atomic E-state index is 12.9. The number of rotatable bonds is 3. The van der Waals surface area contributed by atoms with Crippen molar-refractivity contribution in [1.82, 2.24) is 9.80 Å². The van der Waals surface area contributed by atoms with Crippen molar-refractivity contribution in [2.24, 2.45) is 0 Å². The van der Waals surface area contributed by atoms with Gasteiger partial charge in [0.05, 0.1) is 12.8 Å². The van der Waals surface area contributed by atoms with Crippen LogP contribution in [-0.2, 0) is 9.59 Å². The first kappa shape index (κ1) is 15.0. The molecule has 3 saturated heterocycles. The Morgan fingerprint density at radius 1 is 1.00 bits per heavy atom. The van der Waals surface area contributed by atoms with E-state index in [1.54, 1.807) is 23.0 Å². The van der Waals surface area contributed by atoms with E-state index in [9.17, 15) is 14.4 Å². The molecule has 4 rings (SSSR count). The molecule has 1 aromatic carbocycles. The Morgan fingerprint density at radius 3 is 2.54 bits per heavy atom. The van der Waals surface area contributed by atoms with Crippen LogP contribution in [0.1, 0.15) is 19.3 Å². The van der Waals surface area contributed by atoms with Crippen LogP contribution in [0.2, 0.25) is 0 Å². The highest BCUT2D eigenvalue weighted by Gasteiger charge is 2.53. The summed E-state index contributed by atoms with van der Waals surface area (Å²) in [6.45, 7) is 1.06. The Labute approximate surface area is 139 Å². The number of carbonyl (C=O) groups excluding carboxylic acids is 3. The third-order valence-corrected chi connectivity index (χ3v) is 5.09. The number of imide groups is 1. The predicted octanol–water partition coefficient (Wildman–Crippen LogP) is 1.23. The molecule has 0 aliphatic carbocycles. The van der Waals surface area contributed by atoms with E-state index in [0.29, 0.717) is 37.4 Å². The number of methoxy groups -OCH3 is 1. The van der Waals surface area contributed by atoms with Crippen LogP contribution in [0.5, 0.6) is 5.75 Å². The monoisotopic (exact) mass is 329 g/mol. The second-order valence-corrected chi connectivity index (χ2v) is 6.31. The Balaban J connectivity index is 1.60. The normalized spacial score (nSPS) is 26.5. The Morgan fingerprint density at radius 2 is 1.79 bits per heavy atom. The summed E-state index contributed by atoms with van der Waals surface area (Å²) in [4.78, 5) is 42.4. The summed E-state index contributed by atoms with van der Waals surface area (Å²) >= 11 is 0. The Kier molecular flexibility index (Phi) is 3.44. The van der Waals surface area contributed by atoms with Crippen LogP contribution in [-0.4, -0.2) is 59.9 Å². The number of nitrogens with zero attached hydrogens (tertiary/aromatic N) is 3. The van der Waals surface area contributed by atoms with Crippen molar-refractivity contribution in [3.05, 3.63) is 24.3 Å². The van der Waals surface area contributed by atoms with Crippen molar-refractivity contribution >= 4 is 23.5 Å². The van der Waals surface area contributed by atoms with Gasteiger partial charge < -0.3 is 14.5 Å². The van der Waals surface area contributed by atoms with Crippen LogP contribution in [0.4, 0.5) is 10.5 Å². The number of hydrogen-bond donors (Lipinski definition) is 0. The van der Waals surface area contributed by atoms with Crippen molar-refractivity contribution in [1.29, 1.82) is 0 Å². The number of fused-ring (bicyclic) bond motifs is 1. The van der Waals surface area contributed by atoms with E-state index in [4.69, 9.17) is 4.74 Å². The van der Waals surface area contributed by atoms with Crippen LogP contribution < -0.4 is 9.64 Å². The van der Waals surface area contributed by atoms with E-state index >= 15 is 0 Å². The number of para-hydroxylation sites is 2. The van der Waals surface area contributed by atoms with Crippen LogP contribution in [0, 0.1) is 0 Å². The lowest BCUT2D eigenvalue weighted by Crippen LogP contribution is -2.46. The minimum atomic E-state index is -0.708. The van der Waals surface area contributed by atoms with Crippen molar-refractivity contribution in [2.75, 3.05) is 25.1 Å². The summed E-state index contributed by atoms with van der Waals surface area (Å²) in [5, 5.41) is 0. The molecule has 0 spiro atoms. The van der Waals surface area contributed by atoms with Gasteiger partial charge in [0.15, 0.2) is 0 Å². The van der Waals surface area contributed by atoms with Gasteiger partial charge in [-0.25, -0.2) is 9.69 Å². The third-order valence-electron chi connectivity index (χ3n) is 5.09. The molecule has 2 atom stereocenters. The average molecular weight is 329 g/mol. The van der Waals surface area contributed by atoms with Gasteiger partial charge in [0.1, 0.15) is 17.8 Å². The highest BCUT2D eigenvalue weighted by atomic mass is 16.5. The number of benzene rings is 1. The SMILES string of the molecule is COc1ccccc1N1CC[C@H](N2C(=O)[C@@H]3CCCN3C2=O)C1=O. The van der Waals surface area contributed by atoms with Crippen LogP contribution in [0.3, 0.4) is 0 Å². The molecule has 24 heavy (non-hydrogen) atoms. The standard InChI is InChI=1S/C17H19N3O4/c1-24-14-7-3-2-5-11(14)18-10-8-13(15(18)21)20-16(22)12-6-4-9-19(12)17(20)23/h2-3,5,7,12-13H,4,6,8-10H2,1H3/t12-,13-/m0/s1. The fourth-order valence-electron chi connectivity index (χ4n) is 3.93. The molecule has 7 heteroatoms. The quantitative estimate of drug-likeness (QED) is 0.782. The molecule has 7 nitrogen and oxygen atoms in total. The van der Waals surface area contributed by atoms with Crippen LogP contribution in [0.15, 0.2) is 24.3 Å². The lowest BCUT2D eigenvalue weighted by Gasteiger charge is -2.23. The summed E-state index contributed by atoms with van der Waals surface area (Å²) < 4.78 is 5.32. The lowest BCUT2D eigenvalue weighted by atomic mass is 10.1. The molecular formula is C17H19N3O4. The Bertz CT molecular complexity index is 698. The first-order valence-electron chi connectivity index (χ1n) is 8.21. The largest absolute Gasteiger partial charge is 0.495 e. The van der Waals surface area contributed by atoms with E-state index in [-0.39, 0.29) is 23.9 Å². The van der Waals surface area contributed by atoms with E-state index in [2.05, 4.69) is 0 Å². The highest BCUT2D eigenvalue weighted by molar-refractivity contribution is 6.11. The fourth-order valence-corrected chi connectivity index (χ4v) is 3.93. The molecule has 4 amide bonds. The minimum Gasteiger partial charge on any atom is -0.495 e. The van der Waals surface area contributed by atoms with E-state index < -0.39 is 6.04 Å². The second kappa shape index (κ2) is 5.51. The molecule has 0 unspecified atom stereocenters. The van der Waals surface area contributed by atoms with Gasteiger partial charge in [0.25, 0.3) is 11.8 Å². The van der Waals surface area contributed by atoms with Gasteiger partial charge in [0, 0.05) is 13.1 Å². The molecule has 1 aromatic rings. The highest BCUT2D eigenvalue weighted by Crippen LogP contribution is 2.35. The van der Waals surface area contributed by atoms with E-state index in [1.165, 1.54) is 4.90 Å². The molecule has 0 bridgehead atoms. The molecule has 0 radical (unpaired) electrons. The summed E-state index contributed by atoms with van der Waals surface area (Å²) in [5.41, 5.74) is 0.673. The number of ether oxygens (including phenoxy) is 1. The summed E-state index contributed by atoms with van der Waals surface area (Å²) in [6, 6.07) is 5.88. The van der Waals surface area contributed by atoms with Gasteiger partial charge in [-0.05, 0) is 31.4 Å². The zero-order chi connectivity index (χ0) is 16.8. The average Bonchev–Trinajstić information content (AvgIpc) is 3.27. The first-order chi connectivity index (χ1) is 11.6. The third kappa shape index (κ3) is 2.00. The number of carbonyl (C=O) groups is 3. The van der Waals surface area contributed by atoms with E-state index in [1.807, 2.05) is 18.2 Å². The minimum absolute atomic E-state index is 0.220. The lowest BCUT2D eigenvalue weighted by molar-refractivity contribution is -0.133. The van der Waals surface area contributed by atoms with Gasteiger partial charge in [-0.15, -0.1) is 0 Å². The maximum Gasteiger partial charge on any atom is 0.328 e. The zero-order valence-corrected chi connectivity index (χ0v) is 13.5. The van der Waals surface area contributed by atoms with Gasteiger partial charge in [-0.3, -0.25) is 9.59 Å². The zero-order valence-electron chi connectivity index (χ0n) is 13.5. The molecule has 0 aromatic heterocycles. The fraction of sp³-hybridized carbons (Fsp3) is 0.471. The molecule has 126 valence electrons. The molecule has 0 saturated carbocycles. The number of hydrogen-bond acceptors (Lipinski definition) is 4. The predicted molar refractivity (Wildman–Crippen MR) is 85.7 cm³/mol. The topological polar surface area (TPSA) is 70.2 Å². The Hall–Kier alpha value is -2.57. The van der Waals surface area contributed by atoms with Gasteiger partial charge >= 0.3 is 6.03 Å². The summed E-state index contributed by atoms with van der Waals surface area (Å²) in [6.07, 6.45) is 2.00. The van der Waals surface area contributed by atoms with Crippen molar-refractivity contribution < 1.29 is 19.1 Å². The summed E-state index contributed by atoms with van der Waals surface area (Å²) in [5.74, 6) is 0.159. The number of amides is 4. The van der Waals surface area contributed by atoms with Crippen LogP contribution >= 0.6 is 0 Å². The number of urea groups is 1. The number of anilines is 1. The molecule has 3 aliphatic rings. The molecule has 3 aliphatic heterocycles. The maximum atomic E-state index is 12.9. The molecule has 3 fully saturated rings. The van der Waals surface area contributed by atoms with Crippen molar-refractivity contribution in [3.63, 3.8) is 0 Å². The summed E-state index contributed by atoms with van der Waals surface area (Å²) in [7, 11) is 1.55. The smallest absolute Gasteiger partial charge is 0.328 e. The molecule has 3 heterocycles. The van der Waals surface area contributed by atoms with Gasteiger partial charge in [0.2, 0.25) is 0 Å². The van der Waals surface area contributed by atoms with Crippen LogP contribution in [0.25, 0.3) is 0 Å². The molecule has 0 N–H and O–H groups in total. The van der Waals surface area contributed by atoms with E-state index in [0.717, 1.165) is 6.42 Å². The van der Waals surface area contributed by atoms with Gasteiger partial charge in [-0.2, -0.15) is 0 Å². The second-order valence-electron chi connectivity index (χ2n) is 6.31. The molecular weight excluding hydrogens is 310 g/mol. The van der Waals surface area contributed by atoms with Gasteiger partial charge in [-0.1, -0.05) is 12.1 Å². The first-order valence-corrected chi connectivity index (χ1v) is 8.21. The van der Waals surface area contributed by atoms with Crippen molar-refractivity contribution in [2.45, 2.75) is 31.3 Å². The van der Waals surface area contributed by atoms with Crippen molar-refractivity contribution in [3.8, 4) is 5.75 Å².